The summed E-state index contributed by atoms with van der Waals surface area (Å²) in [5, 5.41) is 9.59. The fraction of sp³-hybridized carbons (Fsp3) is 0.286. The fourth-order valence-electron chi connectivity index (χ4n) is 1.65. The molecular formula is C14H16N2O3. The minimum atomic E-state index is -0.349. The van der Waals surface area contributed by atoms with E-state index < -0.39 is 0 Å². The van der Waals surface area contributed by atoms with Crippen LogP contribution in [0, 0.1) is 6.92 Å². The number of aromatic amines is 1. The molecule has 0 fully saturated rings. The van der Waals surface area contributed by atoms with Crippen molar-refractivity contribution in [1.29, 1.82) is 0 Å². The first-order chi connectivity index (χ1) is 8.97. The quantitative estimate of drug-likeness (QED) is 0.887. The lowest BCUT2D eigenvalue weighted by Gasteiger charge is -2.10. The number of rotatable bonds is 3. The van der Waals surface area contributed by atoms with Crippen molar-refractivity contribution in [3.8, 4) is 23.0 Å². The van der Waals surface area contributed by atoms with E-state index in [1.54, 1.807) is 12.1 Å². The summed E-state index contributed by atoms with van der Waals surface area (Å²) in [6.07, 6.45) is 0.0636. The van der Waals surface area contributed by atoms with Gasteiger partial charge in [-0.25, -0.2) is 0 Å². The van der Waals surface area contributed by atoms with E-state index in [0.717, 1.165) is 0 Å². The molecule has 2 N–H and O–H groups in total. The molecule has 19 heavy (non-hydrogen) atoms. The molecule has 0 aliphatic carbocycles. The highest BCUT2D eigenvalue weighted by Gasteiger charge is 2.09. The summed E-state index contributed by atoms with van der Waals surface area (Å²) in [7, 11) is 0. The van der Waals surface area contributed by atoms with Gasteiger partial charge in [0, 0.05) is 5.56 Å². The molecule has 0 spiro atoms. The molecule has 2 aromatic rings. The molecule has 0 saturated heterocycles. The lowest BCUT2D eigenvalue weighted by Crippen LogP contribution is -2.12. The molecule has 0 bridgehead atoms. The SMILES string of the molecule is Cc1c(O)nc(-c2cccc(OC(C)C)c2)[nH]c1=O. The topological polar surface area (TPSA) is 75.2 Å². The summed E-state index contributed by atoms with van der Waals surface area (Å²) in [5.41, 5.74) is 0.543. The van der Waals surface area contributed by atoms with Gasteiger partial charge in [0.25, 0.3) is 5.56 Å². The van der Waals surface area contributed by atoms with Crippen LogP contribution in [-0.2, 0) is 0 Å². The van der Waals surface area contributed by atoms with Crippen LogP contribution in [0.3, 0.4) is 0 Å². The largest absolute Gasteiger partial charge is 0.493 e. The lowest BCUT2D eigenvalue weighted by molar-refractivity contribution is 0.242. The molecule has 0 aliphatic heterocycles. The second kappa shape index (κ2) is 5.14. The third kappa shape index (κ3) is 2.93. The summed E-state index contributed by atoms with van der Waals surface area (Å²) in [4.78, 5) is 18.2. The molecule has 1 heterocycles. The molecule has 0 aliphatic rings. The molecular weight excluding hydrogens is 244 g/mol. The molecule has 100 valence electrons. The predicted molar refractivity (Wildman–Crippen MR) is 72.5 cm³/mol. The first kappa shape index (κ1) is 13.1. The Morgan fingerprint density at radius 1 is 1.37 bits per heavy atom. The van der Waals surface area contributed by atoms with E-state index >= 15 is 0 Å². The van der Waals surface area contributed by atoms with E-state index in [1.807, 2.05) is 26.0 Å². The molecule has 5 nitrogen and oxygen atoms in total. The Hall–Kier alpha value is -2.30. The molecule has 0 atom stereocenters. The zero-order chi connectivity index (χ0) is 14.0. The highest BCUT2D eigenvalue weighted by molar-refractivity contribution is 5.58. The van der Waals surface area contributed by atoms with Gasteiger partial charge < -0.3 is 14.8 Å². The third-order valence-electron chi connectivity index (χ3n) is 2.60. The molecule has 1 aromatic heterocycles. The highest BCUT2D eigenvalue weighted by atomic mass is 16.5. The van der Waals surface area contributed by atoms with E-state index in [-0.39, 0.29) is 23.1 Å². The van der Waals surface area contributed by atoms with Gasteiger partial charge in [0.05, 0.1) is 11.7 Å². The van der Waals surface area contributed by atoms with E-state index in [0.29, 0.717) is 17.1 Å². The maximum absolute atomic E-state index is 11.6. The predicted octanol–water partition coefficient (Wildman–Crippen LogP) is 2.24. The number of nitrogens with one attached hydrogen (secondary N) is 1. The maximum Gasteiger partial charge on any atom is 0.257 e. The van der Waals surface area contributed by atoms with Crippen molar-refractivity contribution in [2.75, 3.05) is 0 Å². The zero-order valence-electron chi connectivity index (χ0n) is 11.1. The molecule has 2 rings (SSSR count). The van der Waals surface area contributed by atoms with Gasteiger partial charge in [-0.1, -0.05) is 12.1 Å². The molecule has 0 radical (unpaired) electrons. The van der Waals surface area contributed by atoms with Gasteiger partial charge in [0.1, 0.15) is 11.6 Å². The van der Waals surface area contributed by atoms with Crippen LogP contribution in [0.5, 0.6) is 11.6 Å². The van der Waals surface area contributed by atoms with Crippen LogP contribution in [0.4, 0.5) is 0 Å². The van der Waals surface area contributed by atoms with Crippen molar-refractivity contribution in [3.05, 3.63) is 40.2 Å². The first-order valence-electron chi connectivity index (χ1n) is 6.04. The van der Waals surface area contributed by atoms with E-state index in [2.05, 4.69) is 9.97 Å². The normalized spacial score (nSPS) is 10.7. The van der Waals surface area contributed by atoms with Crippen LogP contribution in [0.25, 0.3) is 11.4 Å². The average molecular weight is 260 g/mol. The van der Waals surface area contributed by atoms with Crippen LogP contribution >= 0.6 is 0 Å². The van der Waals surface area contributed by atoms with Gasteiger partial charge in [-0.05, 0) is 32.9 Å². The number of nitrogens with zero attached hydrogens (tertiary/aromatic N) is 1. The van der Waals surface area contributed by atoms with Gasteiger partial charge in [0.2, 0.25) is 5.88 Å². The monoisotopic (exact) mass is 260 g/mol. The standard InChI is InChI=1S/C14H16N2O3/c1-8(2)19-11-6-4-5-10(7-11)12-15-13(17)9(3)14(18)16-12/h4-8H,1-3H3,(H2,15,16,17,18). The number of H-pyrrole nitrogens is 1. The molecule has 1 aromatic carbocycles. The smallest absolute Gasteiger partial charge is 0.257 e. The Balaban J connectivity index is 2.44. The first-order valence-corrected chi connectivity index (χ1v) is 6.04. The molecule has 0 amide bonds. The second-order valence-corrected chi connectivity index (χ2v) is 4.56. The third-order valence-corrected chi connectivity index (χ3v) is 2.60. The lowest BCUT2D eigenvalue weighted by atomic mass is 10.2. The van der Waals surface area contributed by atoms with Crippen molar-refractivity contribution in [3.63, 3.8) is 0 Å². The van der Waals surface area contributed by atoms with Crippen molar-refractivity contribution in [2.45, 2.75) is 26.9 Å². The zero-order valence-corrected chi connectivity index (χ0v) is 11.1. The summed E-state index contributed by atoms with van der Waals surface area (Å²) in [6.45, 7) is 5.39. The van der Waals surface area contributed by atoms with Crippen LogP contribution in [0.2, 0.25) is 0 Å². The van der Waals surface area contributed by atoms with E-state index in [4.69, 9.17) is 4.74 Å². The number of hydrogen-bond donors (Lipinski definition) is 2. The summed E-state index contributed by atoms with van der Waals surface area (Å²) in [6, 6.07) is 7.20. The highest BCUT2D eigenvalue weighted by Crippen LogP contribution is 2.22. The van der Waals surface area contributed by atoms with Crippen molar-refractivity contribution in [1.82, 2.24) is 9.97 Å². The van der Waals surface area contributed by atoms with E-state index in [9.17, 15) is 9.90 Å². The van der Waals surface area contributed by atoms with Gasteiger partial charge in [-0.2, -0.15) is 4.98 Å². The number of benzene rings is 1. The van der Waals surface area contributed by atoms with Crippen LogP contribution < -0.4 is 10.3 Å². The van der Waals surface area contributed by atoms with Gasteiger partial charge in [-0.3, -0.25) is 4.79 Å². The number of ether oxygens (including phenoxy) is 1. The summed E-state index contributed by atoms with van der Waals surface area (Å²) < 4.78 is 5.58. The van der Waals surface area contributed by atoms with Crippen molar-refractivity contribution >= 4 is 0 Å². The van der Waals surface area contributed by atoms with E-state index in [1.165, 1.54) is 6.92 Å². The number of aromatic nitrogens is 2. The summed E-state index contributed by atoms with van der Waals surface area (Å²) >= 11 is 0. The Labute approximate surface area is 110 Å². The van der Waals surface area contributed by atoms with Gasteiger partial charge in [0.15, 0.2) is 0 Å². The minimum Gasteiger partial charge on any atom is -0.493 e. The van der Waals surface area contributed by atoms with Gasteiger partial charge in [-0.15, -0.1) is 0 Å². The summed E-state index contributed by atoms with van der Waals surface area (Å²) in [5.74, 6) is 0.756. The molecule has 0 unspecified atom stereocenters. The minimum absolute atomic E-state index is 0.0636. The Kier molecular flexibility index (Phi) is 3.55. The van der Waals surface area contributed by atoms with Crippen LogP contribution in [-0.4, -0.2) is 21.2 Å². The van der Waals surface area contributed by atoms with Crippen molar-refractivity contribution < 1.29 is 9.84 Å². The number of hydrogen-bond acceptors (Lipinski definition) is 4. The van der Waals surface area contributed by atoms with Crippen LogP contribution in [0.1, 0.15) is 19.4 Å². The van der Waals surface area contributed by atoms with Crippen molar-refractivity contribution in [2.24, 2.45) is 0 Å². The maximum atomic E-state index is 11.6. The fourth-order valence-corrected chi connectivity index (χ4v) is 1.65. The number of aromatic hydroxyl groups is 1. The van der Waals surface area contributed by atoms with Crippen LogP contribution in [0.15, 0.2) is 29.1 Å². The molecule has 5 heteroatoms. The Morgan fingerprint density at radius 3 is 2.74 bits per heavy atom. The second-order valence-electron chi connectivity index (χ2n) is 4.56. The van der Waals surface area contributed by atoms with Gasteiger partial charge >= 0.3 is 0 Å². The average Bonchev–Trinajstić information content (AvgIpc) is 2.35. The Morgan fingerprint density at radius 2 is 2.11 bits per heavy atom. The Bertz CT molecular complexity index is 647. The molecule has 0 saturated carbocycles.